The molecule has 148 valence electrons. The maximum atomic E-state index is 12.2. The van der Waals surface area contributed by atoms with Crippen LogP contribution in [0.3, 0.4) is 0 Å². The Morgan fingerprint density at radius 2 is 1.83 bits per heavy atom. The van der Waals surface area contributed by atoms with Crippen molar-refractivity contribution in [1.82, 2.24) is 5.43 Å². The number of amides is 1. The smallest absolute Gasteiger partial charge is 0.271 e. The van der Waals surface area contributed by atoms with Crippen LogP contribution in [-0.2, 0) is 6.61 Å². The van der Waals surface area contributed by atoms with Gasteiger partial charge in [-0.2, -0.15) is 5.10 Å². The van der Waals surface area contributed by atoms with Gasteiger partial charge in [-0.3, -0.25) is 4.79 Å². The lowest BCUT2D eigenvalue weighted by atomic mass is 10.1. The summed E-state index contributed by atoms with van der Waals surface area (Å²) in [6.45, 7) is 2.34. The molecule has 0 aromatic heterocycles. The molecule has 3 aromatic rings. The Bertz CT molecular complexity index is 1020. The Hall–Kier alpha value is -2.87. The molecule has 6 heteroatoms. The number of nitrogens with one attached hydrogen (secondary N) is 1. The molecule has 0 atom stereocenters. The number of halogens is 1. The second-order valence-electron chi connectivity index (χ2n) is 6.32. The van der Waals surface area contributed by atoms with Gasteiger partial charge in [-0.25, -0.2) is 5.43 Å². The Kier molecular flexibility index (Phi) is 7.24. The van der Waals surface area contributed by atoms with E-state index in [9.17, 15) is 4.79 Å². The first-order valence-corrected chi connectivity index (χ1v) is 10.1. The standard InChI is InChI=1S/C23H21IN2O3/c1-16-8-6-7-11-19(16)23(27)26-25-14-18-12-20(24)22(21(13-18)28-2)29-15-17-9-4-3-5-10-17/h3-14H,15H2,1-2H3,(H,26,27)/b25-14-. The molecular weight excluding hydrogens is 479 g/mol. The molecule has 0 heterocycles. The van der Waals surface area contributed by atoms with Crippen LogP contribution in [0.25, 0.3) is 0 Å². The maximum absolute atomic E-state index is 12.2. The number of rotatable bonds is 7. The summed E-state index contributed by atoms with van der Waals surface area (Å²) in [5.74, 6) is 1.04. The average molecular weight is 500 g/mol. The van der Waals surface area contributed by atoms with Gasteiger partial charge < -0.3 is 9.47 Å². The fourth-order valence-electron chi connectivity index (χ4n) is 2.74. The van der Waals surface area contributed by atoms with Gasteiger partial charge >= 0.3 is 0 Å². The fraction of sp³-hybridized carbons (Fsp3) is 0.130. The Morgan fingerprint density at radius 1 is 1.10 bits per heavy atom. The molecule has 0 aliphatic carbocycles. The van der Waals surface area contributed by atoms with Crippen LogP contribution in [-0.4, -0.2) is 19.2 Å². The summed E-state index contributed by atoms with van der Waals surface area (Å²) in [4.78, 5) is 12.2. The highest BCUT2D eigenvalue weighted by Gasteiger charge is 2.12. The Labute approximate surface area is 183 Å². The Morgan fingerprint density at radius 3 is 2.55 bits per heavy atom. The van der Waals surface area contributed by atoms with E-state index in [0.717, 1.165) is 20.3 Å². The van der Waals surface area contributed by atoms with Gasteiger partial charge in [-0.05, 0) is 64.4 Å². The highest BCUT2D eigenvalue weighted by molar-refractivity contribution is 14.1. The number of benzene rings is 3. The summed E-state index contributed by atoms with van der Waals surface area (Å²) >= 11 is 2.20. The molecule has 0 spiro atoms. The van der Waals surface area contributed by atoms with E-state index in [4.69, 9.17) is 9.47 Å². The van der Waals surface area contributed by atoms with Gasteiger partial charge in [-0.15, -0.1) is 0 Å². The fourth-order valence-corrected chi connectivity index (χ4v) is 3.52. The van der Waals surface area contributed by atoms with Crippen molar-refractivity contribution in [2.24, 2.45) is 5.10 Å². The van der Waals surface area contributed by atoms with Crippen LogP contribution < -0.4 is 14.9 Å². The molecule has 0 saturated heterocycles. The summed E-state index contributed by atoms with van der Waals surface area (Å²) < 4.78 is 12.3. The molecule has 1 amide bonds. The van der Waals surface area contributed by atoms with Gasteiger partial charge in [0.05, 0.1) is 16.9 Å². The van der Waals surface area contributed by atoms with Crippen molar-refractivity contribution in [1.29, 1.82) is 0 Å². The zero-order chi connectivity index (χ0) is 20.6. The Balaban J connectivity index is 1.70. The average Bonchev–Trinajstić information content (AvgIpc) is 2.73. The topological polar surface area (TPSA) is 59.9 Å². The minimum absolute atomic E-state index is 0.246. The third-order valence-corrected chi connectivity index (χ3v) is 5.05. The normalized spacial score (nSPS) is 10.7. The maximum Gasteiger partial charge on any atom is 0.271 e. The van der Waals surface area contributed by atoms with E-state index in [2.05, 4.69) is 33.1 Å². The van der Waals surface area contributed by atoms with Crippen LogP contribution in [0.15, 0.2) is 71.8 Å². The van der Waals surface area contributed by atoms with Crippen LogP contribution in [0, 0.1) is 10.5 Å². The summed E-state index contributed by atoms with van der Waals surface area (Å²) in [6.07, 6.45) is 1.59. The van der Waals surface area contributed by atoms with Crippen LogP contribution in [0.2, 0.25) is 0 Å². The number of hydrogen-bond donors (Lipinski definition) is 1. The van der Waals surface area contributed by atoms with Gasteiger partial charge in [0.2, 0.25) is 0 Å². The first-order chi connectivity index (χ1) is 14.1. The number of ether oxygens (including phenoxy) is 2. The highest BCUT2D eigenvalue weighted by atomic mass is 127. The number of methoxy groups -OCH3 is 1. The lowest BCUT2D eigenvalue weighted by Gasteiger charge is -2.13. The molecular formula is C23H21IN2O3. The first-order valence-electron chi connectivity index (χ1n) is 9.02. The second kappa shape index (κ2) is 10.1. The predicted molar refractivity (Wildman–Crippen MR) is 123 cm³/mol. The van der Waals surface area contributed by atoms with Crippen molar-refractivity contribution in [3.05, 3.63) is 92.6 Å². The van der Waals surface area contributed by atoms with Crippen molar-refractivity contribution in [2.75, 3.05) is 7.11 Å². The molecule has 5 nitrogen and oxygen atoms in total. The van der Waals surface area contributed by atoms with E-state index in [1.54, 1.807) is 19.4 Å². The third-order valence-electron chi connectivity index (χ3n) is 4.25. The minimum Gasteiger partial charge on any atom is -0.493 e. The number of carbonyl (C=O) groups is 1. The van der Waals surface area contributed by atoms with Crippen molar-refractivity contribution < 1.29 is 14.3 Å². The molecule has 3 aromatic carbocycles. The van der Waals surface area contributed by atoms with E-state index in [-0.39, 0.29) is 5.91 Å². The summed E-state index contributed by atoms with van der Waals surface area (Å²) in [5.41, 5.74) is 5.93. The molecule has 0 aliphatic rings. The van der Waals surface area contributed by atoms with Crippen molar-refractivity contribution in [3.63, 3.8) is 0 Å². The van der Waals surface area contributed by atoms with E-state index >= 15 is 0 Å². The summed E-state index contributed by atoms with van der Waals surface area (Å²) in [6, 6.07) is 21.1. The van der Waals surface area contributed by atoms with Crippen LogP contribution in [0.1, 0.15) is 27.0 Å². The molecule has 0 unspecified atom stereocenters. The van der Waals surface area contributed by atoms with Crippen molar-refractivity contribution in [3.8, 4) is 11.5 Å². The van der Waals surface area contributed by atoms with Crippen LogP contribution in [0.5, 0.6) is 11.5 Å². The van der Waals surface area contributed by atoms with E-state index < -0.39 is 0 Å². The number of carbonyl (C=O) groups excluding carboxylic acids is 1. The van der Waals surface area contributed by atoms with Gasteiger partial charge in [0.25, 0.3) is 5.91 Å². The number of hydrogen-bond acceptors (Lipinski definition) is 4. The molecule has 0 radical (unpaired) electrons. The molecule has 0 aliphatic heterocycles. The second-order valence-corrected chi connectivity index (χ2v) is 7.48. The summed E-state index contributed by atoms with van der Waals surface area (Å²) in [7, 11) is 1.60. The lowest BCUT2D eigenvalue weighted by Crippen LogP contribution is -2.18. The molecule has 1 N–H and O–H groups in total. The molecule has 3 rings (SSSR count). The molecule has 0 saturated carbocycles. The SMILES string of the molecule is COc1cc(/C=N\NC(=O)c2ccccc2C)cc(I)c1OCc1ccccc1. The van der Waals surface area contributed by atoms with E-state index in [0.29, 0.717) is 23.7 Å². The monoisotopic (exact) mass is 500 g/mol. The van der Waals surface area contributed by atoms with Crippen LogP contribution in [0.4, 0.5) is 0 Å². The van der Waals surface area contributed by atoms with Gasteiger partial charge in [0.1, 0.15) is 6.61 Å². The summed E-state index contributed by atoms with van der Waals surface area (Å²) in [5, 5.41) is 4.07. The lowest BCUT2D eigenvalue weighted by molar-refractivity contribution is 0.0954. The van der Waals surface area contributed by atoms with E-state index in [1.165, 1.54) is 0 Å². The first kappa shape index (κ1) is 20.9. The largest absolute Gasteiger partial charge is 0.493 e. The molecule has 29 heavy (non-hydrogen) atoms. The van der Waals surface area contributed by atoms with Gasteiger partial charge in [-0.1, -0.05) is 48.5 Å². The highest BCUT2D eigenvalue weighted by Crippen LogP contribution is 2.34. The van der Waals surface area contributed by atoms with Crippen LogP contribution >= 0.6 is 22.6 Å². The number of nitrogens with zero attached hydrogens (tertiary/aromatic N) is 1. The predicted octanol–water partition coefficient (Wildman–Crippen LogP) is 4.95. The van der Waals surface area contributed by atoms with Crippen molar-refractivity contribution >= 4 is 34.7 Å². The number of hydrazone groups is 1. The van der Waals surface area contributed by atoms with Gasteiger partial charge in [0.15, 0.2) is 11.5 Å². The van der Waals surface area contributed by atoms with Gasteiger partial charge in [0, 0.05) is 5.56 Å². The quantitative estimate of drug-likeness (QED) is 0.284. The number of aryl methyl sites for hydroxylation is 1. The molecule has 0 bridgehead atoms. The van der Waals surface area contributed by atoms with E-state index in [1.807, 2.05) is 67.6 Å². The molecule has 0 fully saturated rings. The minimum atomic E-state index is -0.246. The third kappa shape index (κ3) is 5.57. The van der Waals surface area contributed by atoms with Crippen molar-refractivity contribution in [2.45, 2.75) is 13.5 Å². The zero-order valence-corrected chi connectivity index (χ0v) is 18.3. The zero-order valence-electron chi connectivity index (χ0n) is 16.2.